The molecule has 1 heterocycles. The largest absolute Gasteiger partial charge is 0.479 e. The number of benzene rings is 1. The number of aliphatic hydroxyl groups excluding tert-OH is 2. The van der Waals surface area contributed by atoms with Gasteiger partial charge >= 0.3 is 11.9 Å². The third kappa shape index (κ3) is 10.1. The average Bonchev–Trinajstić information content (AvgIpc) is 2.74. The van der Waals surface area contributed by atoms with E-state index in [2.05, 4.69) is 10.2 Å². The van der Waals surface area contributed by atoms with Crippen molar-refractivity contribution in [2.24, 2.45) is 0 Å². The second kappa shape index (κ2) is 14.6. The van der Waals surface area contributed by atoms with E-state index in [1.54, 1.807) is 0 Å². The number of carbonyl (C=O) groups is 2. The molecule has 1 fully saturated rings. The first-order valence-electron chi connectivity index (χ1n) is 9.95. The molecule has 2 atom stereocenters. The minimum Gasteiger partial charge on any atom is -0.479 e. The molecule has 11 heteroatoms. The molecular weight excluding hydrogens is 451 g/mol. The number of ether oxygens (including phenoxy) is 1. The Balaban J connectivity index is 0.000000407. The summed E-state index contributed by atoms with van der Waals surface area (Å²) in [5, 5.41) is 37.4. The molecule has 1 saturated heterocycles. The highest BCUT2D eigenvalue weighted by atomic mass is 35.5. The molecule has 9 nitrogen and oxygen atoms in total. The van der Waals surface area contributed by atoms with Gasteiger partial charge in [-0.1, -0.05) is 29.3 Å². The van der Waals surface area contributed by atoms with E-state index in [0.717, 1.165) is 50.0 Å². The maximum Gasteiger partial charge on any atom is 0.335 e. The number of nitrogens with zero attached hydrogens (tertiary/aromatic N) is 1. The van der Waals surface area contributed by atoms with Crippen molar-refractivity contribution in [2.45, 2.75) is 44.6 Å². The maximum atomic E-state index is 9.77. The molecule has 0 saturated carbocycles. The van der Waals surface area contributed by atoms with Crippen LogP contribution in [0.3, 0.4) is 0 Å². The molecule has 176 valence electrons. The van der Waals surface area contributed by atoms with Crippen molar-refractivity contribution in [2.75, 3.05) is 32.8 Å². The Morgan fingerprint density at radius 3 is 2.23 bits per heavy atom. The van der Waals surface area contributed by atoms with Gasteiger partial charge in [-0.05, 0) is 50.6 Å². The fourth-order valence-electron chi connectivity index (χ4n) is 3.03. The standard InChI is InChI=1S/C16H24Cl2N2O.C4H6O6/c1-2-21-10-9-20(15-5-7-19-8-6-15)12-13-3-4-14(17)11-16(13)18;5-1(3(7)8)2(6)4(9)10/h3-4,11,15,19H,2,5-10,12H2,1H3;1-2,5-6H,(H,7,8)(H,9,10). The zero-order valence-electron chi connectivity index (χ0n) is 17.3. The topological polar surface area (TPSA) is 140 Å². The summed E-state index contributed by atoms with van der Waals surface area (Å²) in [6, 6.07) is 6.35. The quantitative estimate of drug-likeness (QED) is 0.314. The summed E-state index contributed by atoms with van der Waals surface area (Å²) in [5.41, 5.74) is 1.14. The first kappa shape index (κ1) is 27.6. The second-order valence-electron chi connectivity index (χ2n) is 6.95. The van der Waals surface area contributed by atoms with Crippen LogP contribution in [0.15, 0.2) is 18.2 Å². The molecule has 31 heavy (non-hydrogen) atoms. The van der Waals surface area contributed by atoms with E-state index in [4.69, 9.17) is 48.4 Å². The van der Waals surface area contributed by atoms with Gasteiger partial charge in [0.05, 0.1) is 6.61 Å². The summed E-state index contributed by atoms with van der Waals surface area (Å²) in [7, 11) is 0. The number of nitrogens with one attached hydrogen (secondary N) is 1. The Morgan fingerprint density at radius 2 is 1.74 bits per heavy atom. The molecule has 0 aromatic heterocycles. The number of halogens is 2. The van der Waals surface area contributed by atoms with E-state index < -0.39 is 24.1 Å². The lowest BCUT2D eigenvalue weighted by Crippen LogP contribution is -2.44. The minimum absolute atomic E-state index is 0.596. The van der Waals surface area contributed by atoms with Crippen LogP contribution in [0.2, 0.25) is 10.0 Å². The van der Waals surface area contributed by atoms with Crippen molar-refractivity contribution < 1.29 is 34.8 Å². The summed E-state index contributed by atoms with van der Waals surface area (Å²) in [6.07, 6.45) is -2.18. The SMILES string of the molecule is CCOCCN(Cc1ccc(Cl)cc1Cl)C1CCNCC1.O=C(O)C(O)C(O)C(=O)O. The Kier molecular flexibility index (Phi) is 13.0. The Labute approximate surface area is 191 Å². The van der Waals surface area contributed by atoms with E-state index in [1.807, 2.05) is 25.1 Å². The number of hydrogen-bond acceptors (Lipinski definition) is 7. The Hall–Kier alpha value is -1.46. The smallest absolute Gasteiger partial charge is 0.335 e. The molecule has 0 spiro atoms. The fourth-order valence-corrected chi connectivity index (χ4v) is 3.50. The predicted molar refractivity (Wildman–Crippen MR) is 117 cm³/mol. The molecule has 2 rings (SSSR count). The lowest BCUT2D eigenvalue weighted by atomic mass is 10.0. The Bertz CT molecular complexity index is 684. The average molecular weight is 481 g/mol. The van der Waals surface area contributed by atoms with Crippen LogP contribution in [-0.2, 0) is 20.9 Å². The van der Waals surface area contributed by atoms with Gasteiger partial charge in [0.25, 0.3) is 0 Å². The third-order valence-corrected chi connectivity index (χ3v) is 5.33. The molecule has 1 aliphatic rings. The number of carboxylic acids is 2. The van der Waals surface area contributed by atoms with Crippen molar-refractivity contribution >= 4 is 35.1 Å². The summed E-state index contributed by atoms with van der Waals surface area (Å²) in [6.45, 7) is 7.54. The van der Waals surface area contributed by atoms with Gasteiger partial charge in [-0.2, -0.15) is 0 Å². The lowest BCUT2D eigenvalue weighted by molar-refractivity contribution is -0.165. The van der Waals surface area contributed by atoms with Crippen LogP contribution in [0.5, 0.6) is 0 Å². The van der Waals surface area contributed by atoms with Crippen LogP contribution in [0.4, 0.5) is 0 Å². The molecular formula is C20H30Cl2N2O7. The van der Waals surface area contributed by atoms with Crippen LogP contribution >= 0.6 is 23.2 Å². The molecule has 0 bridgehead atoms. The molecule has 0 radical (unpaired) electrons. The van der Waals surface area contributed by atoms with Crippen LogP contribution in [0.1, 0.15) is 25.3 Å². The van der Waals surface area contributed by atoms with Crippen molar-refractivity contribution in [1.29, 1.82) is 0 Å². The molecule has 5 N–H and O–H groups in total. The van der Waals surface area contributed by atoms with Gasteiger partial charge in [-0.25, -0.2) is 9.59 Å². The Morgan fingerprint density at radius 1 is 1.16 bits per heavy atom. The fraction of sp³-hybridized carbons (Fsp3) is 0.600. The third-order valence-electron chi connectivity index (χ3n) is 4.75. The maximum absolute atomic E-state index is 9.77. The van der Waals surface area contributed by atoms with E-state index in [-0.39, 0.29) is 0 Å². The number of piperidine rings is 1. The normalized spacial score (nSPS) is 16.3. The van der Waals surface area contributed by atoms with Crippen molar-refractivity contribution in [1.82, 2.24) is 10.2 Å². The molecule has 0 amide bonds. The van der Waals surface area contributed by atoms with Crippen LogP contribution in [-0.4, -0.2) is 88.4 Å². The van der Waals surface area contributed by atoms with Crippen LogP contribution in [0.25, 0.3) is 0 Å². The monoisotopic (exact) mass is 480 g/mol. The molecule has 1 aromatic rings. The zero-order valence-corrected chi connectivity index (χ0v) is 18.8. The molecule has 2 unspecified atom stereocenters. The van der Waals surface area contributed by atoms with Crippen LogP contribution < -0.4 is 5.32 Å². The first-order chi connectivity index (χ1) is 14.7. The van der Waals surface area contributed by atoms with Crippen molar-refractivity contribution in [3.63, 3.8) is 0 Å². The van der Waals surface area contributed by atoms with Gasteiger partial charge in [0.15, 0.2) is 12.2 Å². The zero-order chi connectivity index (χ0) is 23.4. The van der Waals surface area contributed by atoms with E-state index in [0.29, 0.717) is 11.1 Å². The van der Waals surface area contributed by atoms with E-state index in [9.17, 15) is 9.59 Å². The highest BCUT2D eigenvalue weighted by Gasteiger charge is 2.29. The van der Waals surface area contributed by atoms with Gasteiger partial charge in [-0.3, -0.25) is 4.90 Å². The first-order valence-corrected chi connectivity index (χ1v) is 10.7. The number of hydrogen-bond donors (Lipinski definition) is 5. The van der Waals surface area contributed by atoms with Crippen LogP contribution in [0, 0.1) is 0 Å². The van der Waals surface area contributed by atoms with E-state index >= 15 is 0 Å². The number of aliphatic hydroxyl groups is 2. The summed E-state index contributed by atoms with van der Waals surface area (Å²) in [5.74, 6) is -3.54. The minimum atomic E-state index is -2.27. The summed E-state index contributed by atoms with van der Waals surface area (Å²) in [4.78, 5) is 22.0. The highest BCUT2D eigenvalue weighted by Crippen LogP contribution is 2.24. The van der Waals surface area contributed by atoms with Gasteiger partial charge in [0, 0.05) is 35.8 Å². The van der Waals surface area contributed by atoms with Gasteiger partial charge in [-0.15, -0.1) is 0 Å². The van der Waals surface area contributed by atoms with Gasteiger partial charge in [0.1, 0.15) is 0 Å². The van der Waals surface area contributed by atoms with E-state index in [1.165, 1.54) is 12.8 Å². The summed E-state index contributed by atoms with van der Waals surface area (Å²) < 4.78 is 5.53. The number of aliphatic carboxylic acids is 2. The van der Waals surface area contributed by atoms with Gasteiger partial charge < -0.3 is 30.5 Å². The second-order valence-corrected chi connectivity index (χ2v) is 7.79. The highest BCUT2D eigenvalue weighted by molar-refractivity contribution is 6.35. The lowest BCUT2D eigenvalue weighted by Gasteiger charge is -2.34. The van der Waals surface area contributed by atoms with Gasteiger partial charge in [0.2, 0.25) is 0 Å². The molecule has 1 aromatic carbocycles. The van der Waals surface area contributed by atoms with Crippen molar-refractivity contribution in [3.05, 3.63) is 33.8 Å². The molecule has 0 aliphatic carbocycles. The summed E-state index contributed by atoms with van der Waals surface area (Å²) >= 11 is 12.3. The molecule has 1 aliphatic heterocycles. The van der Waals surface area contributed by atoms with Crippen molar-refractivity contribution in [3.8, 4) is 0 Å². The number of rotatable bonds is 10. The predicted octanol–water partition coefficient (Wildman–Crippen LogP) is 1.46. The number of carboxylic acid groups (broad SMARTS) is 2.